The van der Waals surface area contributed by atoms with Crippen LogP contribution in [-0.4, -0.2) is 27.4 Å². The number of carbonyl (C=O) groups is 1. The largest absolute Gasteiger partial charge is 0.322 e. The molecule has 2 amide bonds. The highest BCUT2D eigenvalue weighted by atomic mass is 35.5. The van der Waals surface area contributed by atoms with Gasteiger partial charge in [0.05, 0.1) is 17.4 Å². The second-order valence-electron chi connectivity index (χ2n) is 6.39. The van der Waals surface area contributed by atoms with E-state index in [1.807, 2.05) is 38.1 Å². The second kappa shape index (κ2) is 8.22. The zero-order valence-electron chi connectivity index (χ0n) is 15.3. The lowest BCUT2D eigenvalue weighted by Crippen LogP contribution is -2.36. The van der Waals surface area contributed by atoms with Crippen LogP contribution in [0.5, 0.6) is 0 Å². The maximum atomic E-state index is 12.7. The first-order chi connectivity index (χ1) is 13.0. The number of amides is 2. The number of aromatic amines is 1. The number of anilines is 1. The van der Waals surface area contributed by atoms with E-state index in [9.17, 15) is 9.59 Å². The van der Waals surface area contributed by atoms with Crippen molar-refractivity contribution in [3.8, 4) is 0 Å². The van der Waals surface area contributed by atoms with Gasteiger partial charge in [0, 0.05) is 17.3 Å². The molecule has 0 spiro atoms. The third-order valence-corrected chi connectivity index (χ3v) is 4.38. The van der Waals surface area contributed by atoms with Crippen LogP contribution in [0.15, 0.2) is 47.3 Å². The normalized spacial score (nSPS) is 10.8. The van der Waals surface area contributed by atoms with E-state index in [0.29, 0.717) is 28.3 Å². The molecule has 27 heavy (non-hydrogen) atoms. The van der Waals surface area contributed by atoms with Gasteiger partial charge < -0.3 is 15.2 Å². The van der Waals surface area contributed by atoms with Crippen LogP contribution in [0.25, 0.3) is 10.9 Å². The Morgan fingerprint density at radius 2 is 1.96 bits per heavy atom. The smallest absolute Gasteiger partial charge is 0.317 e. The number of aryl methyl sites for hydroxylation is 1. The van der Waals surface area contributed by atoms with E-state index in [1.54, 1.807) is 23.1 Å². The first kappa shape index (κ1) is 18.9. The molecule has 0 atom stereocenters. The molecule has 0 bridgehead atoms. The average molecular weight is 385 g/mol. The molecule has 6 nitrogen and oxygen atoms in total. The molecule has 140 valence electrons. The predicted octanol–water partition coefficient (Wildman–Crippen LogP) is 4.33. The molecule has 0 radical (unpaired) electrons. The summed E-state index contributed by atoms with van der Waals surface area (Å²) in [7, 11) is 0. The molecule has 0 fully saturated rings. The number of benzene rings is 2. The molecule has 0 unspecified atom stereocenters. The molecular formula is C20H21ClN4O2. The number of nitrogens with one attached hydrogen (secondary N) is 2. The highest BCUT2D eigenvalue weighted by Crippen LogP contribution is 2.15. The van der Waals surface area contributed by atoms with Gasteiger partial charge in [0.1, 0.15) is 5.82 Å². The minimum absolute atomic E-state index is 0.198. The molecule has 2 N–H and O–H groups in total. The number of hydrogen-bond acceptors (Lipinski definition) is 3. The van der Waals surface area contributed by atoms with Gasteiger partial charge in [-0.3, -0.25) is 4.79 Å². The lowest BCUT2D eigenvalue weighted by molar-refractivity contribution is 0.207. The topological polar surface area (TPSA) is 78.1 Å². The van der Waals surface area contributed by atoms with Crippen molar-refractivity contribution >= 4 is 34.2 Å². The van der Waals surface area contributed by atoms with Gasteiger partial charge in [0.25, 0.3) is 5.56 Å². The molecule has 0 saturated carbocycles. The van der Waals surface area contributed by atoms with Crippen LogP contribution in [0, 0.1) is 6.92 Å². The average Bonchev–Trinajstić information content (AvgIpc) is 2.63. The Labute approximate surface area is 162 Å². The van der Waals surface area contributed by atoms with Crippen molar-refractivity contribution in [1.29, 1.82) is 0 Å². The van der Waals surface area contributed by atoms with Gasteiger partial charge in [-0.1, -0.05) is 36.2 Å². The Morgan fingerprint density at radius 1 is 1.22 bits per heavy atom. The lowest BCUT2D eigenvalue weighted by atomic mass is 10.2. The van der Waals surface area contributed by atoms with Gasteiger partial charge >= 0.3 is 6.03 Å². The van der Waals surface area contributed by atoms with Gasteiger partial charge in [-0.2, -0.15) is 0 Å². The van der Waals surface area contributed by atoms with Crippen LogP contribution < -0.4 is 10.9 Å². The molecule has 0 saturated heterocycles. The molecule has 2 aromatic carbocycles. The second-order valence-corrected chi connectivity index (χ2v) is 6.83. The van der Waals surface area contributed by atoms with E-state index in [0.717, 1.165) is 17.7 Å². The van der Waals surface area contributed by atoms with Crippen molar-refractivity contribution < 1.29 is 4.79 Å². The highest BCUT2D eigenvalue weighted by Gasteiger charge is 2.15. The summed E-state index contributed by atoms with van der Waals surface area (Å²) in [6.07, 6.45) is 0.783. The number of urea groups is 1. The minimum Gasteiger partial charge on any atom is -0.317 e. The standard InChI is InChI=1S/C20H21ClN4O2/c1-3-10-25(20(27)22-15-7-4-13(2)5-8-15)12-18-23-17-11-14(21)6-9-16(17)19(26)24-18/h4-9,11H,3,10,12H2,1-2H3,(H,22,27)(H,23,24,26). The van der Waals surface area contributed by atoms with Gasteiger partial charge in [-0.05, 0) is 43.7 Å². The number of H-pyrrole nitrogens is 1. The molecule has 0 aliphatic carbocycles. The number of fused-ring (bicyclic) bond motifs is 1. The van der Waals surface area contributed by atoms with E-state index in [2.05, 4.69) is 15.3 Å². The zero-order chi connectivity index (χ0) is 19.4. The fourth-order valence-electron chi connectivity index (χ4n) is 2.78. The molecule has 0 aliphatic rings. The molecule has 3 aromatic rings. The number of nitrogens with zero attached hydrogens (tertiary/aromatic N) is 2. The summed E-state index contributed by atoms with van der Waals surface area (Å²) in [4.78, 5) is 33.8. The Morgan fingerprint density at radius 3 is 2.67 bits per heavy atom. The maximum Gasteiger partial charge on any atom is 0.322 e. The quantitative estimate of drug-likeness (QED) is 0.687. The van der Waals surface area contributed by atoms with Crippen molar-refractivity contribution in [2.75, 3.05) is 11.9 Å². The van der Waals surface area contributed by atoms with Gasteiger partial charge in [0.2, 0.25) is 0 Å². The molecule has 7 heteroatoms. The summed E-state index contributed by atoms with van der Waals surface area (Å²) >= 11 is 6.00. The third kappa shape index (κ3) is 4.65. The van der Waals surface area contributed by atoms with E-state index < -0.39 is 0 Å². The highest BCUT2D eigenvalue weighted by molar-refractivity contribution is 6.31. The number of hydrogen-bond donors (Lipinski definition) is 2. The summed E-state index contributed by atoms with van der Waals surface area (Å²) in [5.41, 5.74) is 2.10. The Kier molecular flexibility index (Phi) is 5.76. The predicted molar refractivity (Wildman–Crippen MR) is 108 cm³/mol. The van der Waals surface area contributed by atoms with E-state index in [1.165, 1.54) is 0 Å². The van der Waals surface area contributed by atoms with E-state index in [4.69, 9.17) is 11.6 Å². The van der Waals surface area contributed by atoms with E-state index in [-0.39, 0.29) is 18.1 Å². The molecular weight excluding hydrogens is 364 g/mol. The van der Waals surface area contributed by atoms with Crippen molar-refractivity contribution in [3.63, 3.8) is 0 Å². The number of halogens is 1. The first-order valence-electron chi connectivity index (χ1n) is 8.77. The maximum absolute atomic E-state index is 12.7. The summed E-state index contributed by atoms with van der Waals surface area (Å²) < 4.78 is 0. The Bertz CT molecular complexity index is 1010. The lowest BCUT2D eigenvalue weighted by Gasteiger charge is -2.22. The molecule has 3 rings (SSSR count). The summed E-state index contributed by atoms with van der Waals surface area (Å²) in [5, 5.41) is 3.86. The van der Waals surface area contributed by atoms with Crippen LogP contribution in [0.3, 0.4) is 0 Å². The number of carbonyl (C=O) groups excluding carboxylic acids is 1. The van der Waals surface area contributed by atoms with Crippen LogP contribution in [-0.2, 0) is 6.54 Å². The third-order valence-electron chi connectivity index (χ3n) is 4.14. The number of rotatable bonds is 5. The van der Waals surface area contributed by atoms with Crippen LogP contribution >= 0.6 is 11.6 Å². The first-order valence-corrected chi connectivity index (χ1v) is 9.15. The molecule has 0 aliphatic heterocycles. The fraction of sp³-hybridized carbons (Fsp3) is 0.250. The molecule has 1 aromatic heterocycles. The fourth-order valence-corrected chi connectivity index (χ4v) is 2.94. The van der Waals surface area contributed by atoms with Crippen LogP contribution in [0.4, 0.5) is 10.5 Å². The summed E-state index contributed by atoms with van der Waals surface area (Å²) in [6, 6.07) is 12.3. The van der Waals surface area contributed by atoms with Gasteiger partial charge in [-0.25, -0.2) is 9.78 Å². The van der Waals surface area contributed by atoms with Crippen molar-refractivity contribution in [2.24, 2.45) is 0 Å². The van der Waals surface area contributed by atoms with Crippen molar-refractivity contribution in [1.82, 2.24) is 14.9 Å². The van der Waals surface area contributed by atoms with Crippen molar-refractivity contribution in [2.45, 2.75) is 26.8 Å². The summed E-state index contributed by atoms with van der Waals surface area (Å²) in [6.45, 7) is 4.71. The monoisotopic (exact) mass is 384 g/mol. The van der Waals surface area contributed by atoms with E-state index >= 15 is 0 Å². The SMILES string of the molecule is CCCN(Cc1nc2cc(Cl)ccc2c(=O)[nH]1)C(=O)Nc1ccc(C)cc1. The van der Waals surface area contributed by atoms with Crippen LogP contribution in [0.2, 0.25) is 5.02 Å². The van der Waals surface area contributed by atoms with Crippen LogP contribution in [0.1, 0.15) is 24.7 Å². The number of aromatic nitrogens is 2. The van der Waals surface area contributed by atoms with Gasteiger partial charge in [0.15, 0.2) is 0 Å². The van der Waals surface area contributed by atoms with Gasteiger partial charge in [-0.15, -0.1) is 0 Å². The Balaban J connectivity index is 1.83. The minimum atomic E-state index is -0.248. The molecule has 1 heterocycles. The zero-order valence-corrected chi connectivity index (χ0v) is 16.0. The Hall–Kier alpha value is -2.86. The summed E-state index contributed by atoms with van der Waals surface area (Å²) in [5.74, 6) is 0.419. The van der Waals surface area contributed by atoms with Crippen molar-refractivity contribution in [3.05, 3.63) is 69.2 Å².